The van der Waals surface area contributed by atoms with Crippen LogP contribution < -0.4 is 10.1 Å². The van der Waals surface area contributed by atoms with Gasteiger partial charge in [-0.05, 0) is 24.3 Å². The van der Waals surface area contributed by atoms with Crippen LogP contribution in [0.4, 0.5) is 14.5 Å². The summed E-state index contributed by atoms with van der Waals surface area (Å²) in [5, 5.41) is 2.45. The summed E-state index contributed by atoms with van der Waals surface area (Å²) in [5.41, 5.74) is 0.114. The van der Waals surface area contributed by atoms with Crippen LogP contribution in [0.5, 0.6) is 5.75 Å². The van der Waals surface area contributed by atoms with Gasteiger partial charge < -0.3 is 10.1 Å². The Labute approximate surface area is 131 Å². The van der Waals surface area contributed by atoms with E-state index in [0.29, 0.717) is 12.4 Å². The molecule has 0 spiro atoms. The molecule has 0 heterocycles. The number of rotatable bonds is 7. The highest BCUT2D eigenvalue weighted by Crippen LogP contribution is 2.14. The zero-order chi connectivity index (χ0) is 15.8. The van der Waals surface area contributed by atoms with Crippen molar-refractivity contribution in [2.45, 2.75) is 0 Å². The zero-order valence-corrected chi connectivity index (χ0v) is 12.5. The number of benzene rings is 2. The van der Waals surface area contributed by atoms with Gasteiger partial charge in [0.25, 0.3) is 0 Å². The standard InChI is InChI=1S/C16H15F2NO2S/c17-12-8-13(18)10-14(9-12)19-16(20)11-22-7-6-21-15-4-2-1-3-5-15/h1-5,8-10H,6-7,11H2,(H,19,20). The van der Waals surface area contributed by atoms with Gasteiger partial charge in [-0.2, -0.15) is 0 Å². The maximum absolute atomic E-state index is 13.0. The van der Waals surface area contributed by atoms with E-state index in [1.54, 1.807) is 0 Å². The Morgan fingerprint density at radius 1 is 1.09 bits per heavy atom. The van der Waals surface area contributed by atoms with Crippen LogP contribution in [0, 0.1) is 11.6 Å². The van der Waals surface area contributed by atoms with Crippen molar-refractivity contribution < 1.29 is 18.3 Å². The third-order valence-electron chi connectivity index (χ3n) is 2.62. The SMILES string of the molecule is O=C(CSCCOc1ccccc1)Nc1cc(F)cc(F)c1. The molecule has 6 heteroatoms. The van der Waals surface area contributed by atoms with Gasteiger partial charge in [0.1, 0.15) is 17.4 Å². The molecule has 22 heavy (non-hydrogen) atoms. The van der Waals surface area contributed by atoms with Crippen molar-refractivity contribution in [3.05, 3.63) is 60.2 Å². The van der Waals surface area contributed by atoms with Gasteiger partial charge in [0.05, 0.1) is 12.4 Å². The fraction of sp³-hybridized carbons (Fsp3) is 0.188. The highest BCUT2D eigenvalue weighted by molar-refractivity contribution is 7.99. The van der Waals surface area contributed by atoms with E-state index in [1.165, 1.54) is 11.8 Å². The Bertz CT molecular complexity index is 603. The van der Waals surface area contributed by atoms with Crippen molar-refractivity contribution in [2.24, 2.45) is 0 Å². The van der Waals surface area contributed by atoms with Crippen LogP contribution in [0.3, 0.4) is 0 Å². The second-order valence-corrected chi connectivity index (χ2v) is 5.53. The molecule has 2 aromatic rings. The van der Waals surface area contributed by atoms with Gasteiger partial charge in [-0.25, -0.2) is 8.78 Å². The monoisotopic (exact) mass is 323 g/mol. The quantitative estimate of drug-likeness (QED) is 0.789. The van der Waals surface area contributed by atoms with Crippen molar-refractivity contribution >= 4 is 23.4 Å². The van der Waals surface area contributed by atoms with Gasteiger partial charge in [-0.3, -0.25) is 4.79 Å². The summed E-state index contributed by atoms with van der Waals surface area (Å²) in [4.78, 5) is 11.7. The smallest absolute Gasteiger partial charge is 0.234 e. The minimum atomic E-state index is -0.723. The Morgan fingerprint density at radius 2 is 1.77 bits per heavy atom. The van der Waals surface area contributed by atoms with Crippen molar-refractivity contribution in [3.63, 3.8) is 0 Å². The predicted octanol–water partition coefficient (Wildman–Crippen LogP) is 3.72. The predicted molar refractivity (Wildman–Crippen MR) is 84.2 cm³/mol. The summed E-state index contributed by atoms with van der Waals surface area (Å²) in [6.07, 6.45) is 0. The largest absolute Gasteiger partial charge is 0.493 e. The number of carbonyl (C=O) groups is 1. The molecule has 0 aliphatic carbocycles. The van der Waals surface area contributed by atoms with Gasteiger partial charge in [0, 0.05) is 17.5 Å². The number of amides is 1. The molecule has 0 aliphatic rings. The summed E-state index contributed by atoms with van der Waals surface area (Å²) in [6.45, 7) is 0.483. The molecule has 0 radical (unpaired) electrons. The highest BCUT2D eigenvalue weighted by Gasteiger charge is 2.05. The Kier molecular flexibility index (Phi) is 6.21. The van der Waals surface area contributed by atoms with E-state index >= 15 is 0 Å². The minimum absolute atomic E-state index is 0.114. The first-order valence-corrected chi connectivity index (χ1v) is 7.80. The molecule has 2 aromatic carbocycles. The molecule has 0 unspecified atom stereocenters. The number of carbonyl (C=O) groups excluding carboxylic acids is 1. The molecule has 3 nitrogen and oxygen atoms in total. The second kappa shape index (κ2) is 8.38. The number of para-hydroxylation sites is 1. The number of nitrogens with one attached hydrogen (secondary N) is 1. The summed E-state index contributed by atoms with van der Waals surface area (Å²) < 4.78 is 31.4. The van der Waals surface area contributed by atoms with Crippen LogP contribution in [0.1, 0.15) is 0 Å². The summed E-state index contributed by atoms with van der Waals surface area (Å²) in [6, 6.07) is 12.3. The normalized spacial score (nSPS) is 10.3. The first-order valence-electron chi connectivity index (χ1n) is 6.65. The maximum atomic E-state index is 13.0. The number of hydrogen-bond acceptors (Lipinski definition) is 3. The lowest BCUT2D eigenvalue weighted by Crippen LogP contribution is -2.15. The van der Waals surface area contributed by atoms with E-state index in [2.05, 4.69) is 5.32 Å². The van der Waals surface area contributed by atoms with E-state index in [-0.39, 0.29) is 17.3 Å². The first kappa shape index (κ1) is 16.3. The molecule has 0 fully saturated rings. The molecule has 2 rings (SSSR count). The fourth-order valence-corrected chi connectivity index (χ4v) is 2.33. The molecule has 0 bridgehead atoms. The first-order chi connectivity index (χ1) is 10.6. The Morgan fingerprint density at radius 3 is 2.45 bits per heavy atom. The molecule has 0 atom stereocenters. The zero-order valence-electron chi connectivity index (χ0n) is 11.7. The van der Waals surface area contributed by atoms with Crippen LogP contribution in [0.2, 0.25) is 0 Å². The third-order valence-corrected chi connectivity index (χ3v) is 3.54. The van der Waals surface area contributed by atoms with Gasteiger partial charge >= 0.3 is 0 Å². The second-order valence-electron chi connectivity index (χ2n) is 4.42. The summed E-state index contributed by atoms with van der Waals surface area (Å²) in [5.74, 6) is -0.147. The van der Waals surface area contributed by atoms with E-state index in [0.717, 1.165) is 23.9 Å². The van der Waals surface area contributed by atoms with Gasteiger partial charge in [-0.15, -0.1) is 11.8 Å². The molecule has 0 saturated heterocycles. The van der Waals surface area contributed by atoms with Crippen molar-refractivity contribution in [2.75, 3.05) is 23.4 Å². The van der Waals surface area contributed by atoms with Crippen molar-refractivity contribution in [1.82, 2.24) is 0 Å². The number of ether oxygens (including phenoxy) is 1. The Hall–Kier alpha value is -2.08. The topological polar surface area (TPSA) is 38.3 Å². The van der Waals surface area contributed by atoms with Crippen molar-refractivity contribution in [1.29, 1.82) is 0 Å². The van der Waals surface area contributed by atoms with Gasteiger partial charge in [0.15, 0.2) is 0 Å². The van der Waals surface area contributed by atoms with Crippen molar-refractivity contribution in [3.8, 4) is 5.75 Å². The van der Waals surface area contributed by atoms with Crippen LogP contribution in [0.15, 0.2) is 48.5 Å². The molecular weight excluding hydrogens is 308 g/mol. The molecule has 0 aliphatic heterocycles. The van der Waals surface area contributed by atoms with E-state index in [4.69, 9.17) is 4.74 Å². The number of thioether (sulfide) groups is 1. The van der Waals surface area contributed by atoms with Crippen LogP contribution >= 0.6 is 11.8 Å². The summed E-state index contributed by atoms with van der Waals surface area (Å²) >= 11 is 1.38. The maximum Gasteiger partial charge on any atom is 0.234 e. The molecule has 116 valence electrons. The number of hydrogen-bond donors (Lipinski definition) is 1. The van der Waals surface area contributed by atoms with Gasteiger partial charge in [-0.1, -0.05) is 18.2 Å². The lowest BCUT2D eigenvalue weighted by Gasteiger charge is -2.07. The number of anilines is 1. The van der Waals surface area contributed by atoms with E-state index < -0.39 is 11.6 Å². The average Bonchev–Trinajstić information content (AvgIpc) is 2.47. The van der Waals surface area contributed by atoms with Crippen LogP contribution in [-0.2, 0) is 4.79 Å². The van der Waals surface area contributed by atoms with Crippen LogP contribution in [-0.4, -0.2) is 24.0 Å². The molecule has 1 N–H and O–H groups in total. The van der Waals surface area contributed by atoms with Crippen LogP contribution in [0.25, 0.3) is 0 Å². The lowest BCUT2D eigenvalue weighted by molar-refractivity contribution is -0.113. The van der Waals surface area contributed by atoms with E-state index in [1.807, 2.05) is 30.3 Å². The minimum Gasteiger partial charge on any atom is -0.493 e. The van der Waals surface area contributed by atoms with Gasteiger partial charge in [0.2, 0.25) is 5.91 Å². The number of halogens is 2. The Balaban J connectivity index is 1.65. The fourth-order valence-electron chi connectivity index (χ4n) is 1.72. The lowest BCUT2D eigenvalue weighted by atomic mass is 10.3. The summed E-state index contributed by atoms with van der Waals surface area (Å²) in [7, 11) is 0. The molecular formula is C16H15F2NO2S. The molecule has 0 saturated carbocycles. The highest BCUT2D eigenvalue weighted by atomic mass is 32.2. The average molecular weight is 323 g/mol. The molecule has 1 amide bonds. The third kappa shape index (κ3) is 5.73. The van der Waals surface area contributed by atoms with E-state index in [9.17, 15) is 13.6 Å². The molecule has 0 aromatic heterocycles.